The minimum absolute atomic E-state index is 0.676. The summed E-state index contributed by atoms with van der Waals surface area (Å²) in [5, 5.41) is 4.24. The van der Waals surface area contributed by atoms with Crippen LogP contribution >= 0.6 is 0 Å². The molecule has 0 spiro atoms. The average Bonchev–Trinajstić information content (AvgIpc) is 3.00. The summed E-state index contributed by atoms with van der Waals surface area (Å²) in [6.45, 7) is 5.80. The molecule has 110 valence electrons. The van der Waals surface area contributed by atoms with Gasteiger partial charge in [0.25, 0.3) is 0 Å². The van der Waals surface area contributed by atoms with Crippen molar-refractivity contribution in [1.82, 2.24) is 15.0 Å². The molecule has 1 aromatic rings. The van der Waals surface area contributed by atoms with Gasteiger partial charge in [0.15, 0.2) is 0 Å². The van der Waals surface area contributed by atoms with E-state index in [9.17, 15) is 0 Å². The molecule has 0 amide bonds. The summed E-state index contributed by atoms with van der Waals surface area (Å²) >= 11 is 0. The molecule has 2 saturated carbocycles. The second-order valence-corrected chi connectivity index (χ2v) is 6.75. The molecular formula is C16H25N3O. The summed E-state index contributed by atoms with van der Waals surface area (Å²) in [7, 11) is 0. The standard InChI is InChI=1S/C16H25N3O/c1-2-4-15(3-1)19-9-7-18(8-10-19)12-14-11-16(20-17-14)13-5-6-13/h11,13,15H,1-10,12H2. The summed E-state index contributed by atoms with van der Waals surface area (Å²) in [5.41, 5.74) is 1.13. The van der Waals surface area contributed by atoms with Crippen molar-refractivity contribution in [3.05, 3.63) is 17.5 Å². The zero-order valence-corrected chi connectivity index (χ0v) is 12.3. The molecule has 3 aliphatic rings. The van der Waals surface area contributed by atoms with Crippen LogP contribution in [0, 0.1) is 0 Å². The van der Waals surface area contributed by atoms with Crippen molar-refractivity contribution in [1.29, 1.82) is 0 Å². The molecule has 4 heteroatoms. The number of hydrogen-bond acceptors (Lipinski definition) is 4. The Balaban J connectivity index is 1.27. The molecule has 0 atom stereocenters. The first-order chi connectivity index (χ1) is 9.88. The first-order valence-corrected chi connectivity index (χ1v) is 8.30. The second-order valence-electron chi connectivity index (χ2n) is 6.75. The van der Waals surface area contributed by atoms with Gasteiger partial charge in [-0.3, -0.25) is 9.80 Å². The highest BCUT2D eigenvalue weighted by Gasteiger charge is 2.29. The molecule has 1 aromatic heterocycles. The average molecular weight is 275 g/mol. The number of rotatable bonds is 4. The van der Waals surface area contributed by atoms with Crippen LogP contribution in [0.3, 0.4) is 0 Å². The summed E-state index contributed by atoms with van der Waals surface area (Å²) in [4.78, 5) is 5.24. The first kappa shape index (κ1) is 12.8. The van der Waals surface area contributed by atoms with Gasteiger partial charge in [0.05, 0.1) is 5.69 Å². The van der Waals surface area contributed by atoms with Crippen molar-refractivity contribution in [2.45, 2.75) is 57.0 Å². The highest BCUT2D eigenvalue weighted by Crippen LogP contribution is 2.40. The van der Waals surface area contributed by atoms with Crippen LogP contribution < -0.4 is 0 Å². The van der Waals surface area contributed by atoms with Gasteiger partial charge in [0.2, 0.25) is 0 Å². The van der Waals surface area contributed by atoms with E-state index < -0.39 is 0 Å². The fourth-order valence-electron chi connectivity index (χ4n) is 3.75. The summed E-state index contributed by atoms with van der Waals surface area (Å²) in [6.07, 6.45) is 8.30. The fourth-order valence-corrected chi connectivity index (χ4v) is 3.75. The Morgan fingerprint density at radius 2 is 1.80 bits per heavy atom. The number of aromatic nitrogens is 1. The Hall–Kier alpha value is -0.870. The Labute approximate surface area is 121 Å². The van der Waals surface area contributed by atoms with E-state index in [1.165, 1.54) is 64.7 Å². The molecule has 0 unspecified atom stereocenters. The maximum absolute atomic E-state index is 5.45. The van der Waals surface area contributed by atoms with Crippen LogP contribution in [0.4, 0.5) is 0 Å². The lowest BCUT2D eigenvalue weighted by atomic mass is 10.1. The SMILES string of the molecule is c1c(CN2CCN(C3CCCC3)CC2)noc1C1CC1. The highest BCUT2D eigenvalue weighted by molar-refractivity contribution is 5.14. The van der Waals surface area contributed by atoms with Crippen LogP contribution in [0.15, 0.2) is 10.6 Å². The predicted octanol–water partition coefficient (Wildman–Crippen LogP) is 2.61. The van der Waals surface area contributed by atoms with Gasteiger partial charge in [-0.2, -0.15) is 0 Å². The maximum atomic E-state index is 5.45. The predicted molar refractivity (Wildman–Crippen MR) is 77.6 cm³/mol. The monoisotopic (exact) mass is 275 g/mol. The quantitative estimate of drug-likeness (QED) is 0.845. The van der Waals surface area contributed by atoms with Gasteiger partial charge in [0, 0.05) is 50.7 Å². The van der Waals surface area contributed by atoms with Crippen LogP contribution in [0.2, 0.25) is 0 Å². The lowest BCUT2D eigenvalue weighted by Crippen LogP contribution is -2.49. The van der Waals surface area contributed by atoms with E-state index in [-0.39, 0.29) is 0 Å². The van der Waals surface area contributed by atoms with Crippen molar-refractivity contribution in [3.63, 3.8) is 0 Å². The van der Waals surface area contributed by atoms with Gasteiger partial charge in [-0.15, -0.1) is 0 Å². The highest BCUT2D eigenvalue weighted by atomic mass is 16.5. The number of nitrogens with zero attached hydrogens (tertiary/aromatic N) is 3. The van der Waals surface area contributed by atoms with Crippen molar-refractivity contribution in [3.8, 4) is 0 Å². The number of piperazine rings is 1. The summed E-state index contributed by atoms with van der Waals surface area (Å²) < 4.78 is 5.45. The second kappa shape index (κ2) is 5.49. The molecule has 0 radical (unpaired) electrons. The van der Waals surface area contributed by atoms with Crippen molar-refractivity contribution < 1.29 is 4.52 Å². The van der Waals surface area contributed by atoms with Crippen molar-refractivity contribution in [2.24, 2.45) is 0 Å². The third kappa shape index (κ3) is 2.77. The molecule has 0 aromatic carbocycles. The molecule has 1 aliphatic heterocycles. The minimum Gasteiger partial charge on any atom is -0.361 e. The number of hydrogen-bond donors (Lipinski definition) is 0. The summed E-state index contributed by atoms with van der Waals surface area (Å²) in [5.74, 6) is 1.79. The molecule has 4 rings (SSSR count). The Morgan fingerprint density at radius 1 is 1.05 bits per heavy atom. The van der Waals surface area contributed by atoms with Crippen LogP contribution in [0.1, 0.15) is 55.9 Å². The molecule has 4 nitrogen and oxygen atoms in total. The Morgan fingerprint density at radius 3 is 2.50 bits per heavy atom. The zero-order chi connectivity index (χ0) is 13.4. The fraction of sp³-hybridized carbons (Fsp3) is 0.812. The van der Waals surface area contributed by atoms with Crippen LogP contribution in [-0.4, -0.2) is 47.2 Å². The largest absolute Gasteiger partial charge is 0.361 e. The lowest BCUT2D eigenvalue weighted by Gasteiger charge is -2.37. The van der Waals surface area contributed by atoms with E-state index in [1.54, 1.807) is 0 Å². The van der Waals surface area contributed by atoms with Gasteiger partial charge in [-0.05, 0) is 25.7 Å². The molecular weight excluding hydrogens is 250 g/mol. The van der Waals surface area contributed by atoms with Gasteiger partial charge in [-0.1, -0.05) is 18.0 Å². The molecule has 20 heavy (non-hydrogen) atoms. The molecule has 2 aliphatic carbocycles. The first-order valence-electron chi connectivity index (χ1n) is 8.30. The van der Waals surface area contributed by atoms with E-state index in [4.69, 9.17) is 4.52 Å². The molecule has 0 N–H and O–H groups in total. The normalized spacial score (nSPS) is 26.4. The van der Waals surface area contributed by atoms with Crippen LogP contribution in [-0.2, 0) is 6.54 Å². The van der Waals surface area contributed by atoms with E-state index in [0.717, 1.165) is 24.0 Å². The van der Waals surface area contributed by atoms with Crippen molar-refractivity contribution >= 4 is 0 Å². The molecule has 0 bridgehead atoms. The van der Waals surface area contributed by atoms with Gasteiger partial charge in [-0.25, -0.2) is 0 Å². The molecule has 3 fully saturated rings. The van der Waals surface area contributed by atoms with Crippen LogP contribution in [0.25, 0.3) is 0 Å². The third-order valence-corrected chi connectivity index (χ3v) is 5.19. The zero-order valence-electron chi connectivity index (χ0n) is 12.3. The molecule has 2 heterocycles. The lowest BCUT2D eigenvalue weighted by molar-refractivity contribution is 0.0922. The smallest absolute Gasteiger partial charge is 0.140 e. The Bertz CT molecular complexity index is 440. The van der Waals surface area contributed by atoms with Gasteiger partial charge < -0.3 is 4.52 Å². The topological polar surface area (TPSA) is 32.5 Å². The van der Waals surface area contributed by atoms with E-state index >= 15 is 0 Å². The van der Waals surface area contributed by atoms with E-state index in [1.807, 2.05) is 0 Å². The van der Waals surface area contributed by atoms with Crippen LogP contribution in [0.5, 0.6) is 0 Å². The third-order valence-electron chi connectivity index (χ3n) is 5.19. The molecule has 1 saturated heterocycles. The Kier molecular flexibility index (Phi) is 3.52. The van der Waals surface area contributed by atoms with Gasteiger partial charge in [0.1, 0.15) is 5.76 Å². The van der Waals surface area contributed by atoms with E-state index in [2.05, 4.69) is 21.0 Å². The summed E-state index contributed by atoms with van der Waals surface area (Å²) in [6, 6.07) is 3.06. The van der Waals surface area contributed by atoms with Crippen molar-refractivity contribution in [2.75, 3.05) is 26.2 Å². The van der Waals surface area contributed by atoms with Gasteiger partial charge >= 0.3 is 0 Å². The minimum atomic E-state index is 0.676. The van der Waals surface area contributed by atoms with E-state index in [0.29, 0.717) is 5.92 Å². The maximum Gasteiger partial charge on any atom is 0.140 e.